The highest BCUT2D eigenvalue weighted by Gasteiger charge is 2.41. The zero-order valence-corrected chi connectivity index (χ0v) is 27.7. The molecule has 6 rings (SSSR count). The summed E-state index contributed by atoms with van der Waals surface area (Å²) in [5, 5.41) is 14.2. The van der Waals surface area contributed by atoms with Crippen LogP contribution in [0, 0.1) is 12.8 Å². The van der Waals surface area contributed by atoms with Crippen LogP contribution in [0.5, 0.6) is 0 Å². The van der Waals surface area contributed by atoms with Crippen LogP contribution in [0.3, 0.4) is 0 Å². The SMILES string of the molecule is Cc1ccc(-n2nc(C(C)(C)C)cc2NC(=O)Nc2ccccc2C(C(=O)c2cc3cnccc3nc2C(F)(F)F)C2CCNCC2)cc1. The highest BCUT2D eigenvalue weighted by Crippen LogP contribution is 2.41. The first-order valence-electron chi connectivity index (χ1n) is 16.2. The van der Waals surface area contributed by atoms with Gasteiger partial charge in [-0.15, -0.1) is 0 Å². The molecule has 1 aliphatic rings. The van der Waals surface area contributed by atoms with E-state index in [1.54, 1.807) is 28.9 Å². The quantitative estimate of drug-likeness (QED) is 0.151. The van der Waals surface area contributed by atoms with Gasteiger partial charge >= 0.3 is 12.2 Å². The second kappa shape index (κ2) is 13.4. The van der Waals surface area contributed by atoms with Gasteiger partial charge in [0.1, 0.15) is 5.82 Å². The van der Waals surface area contributed by atoms with Crippen molar-refractivity contribution in [1.82, 2.24) is 25.1 Å². The van der Waals surface area contributed by atoms with Gasteiger partial charge in [-0.3, -0.25) is 15.1 Å². The summed E-state index contributed by atoms with van der Waals surface area (Å²) in [5.41, 5.74) is 1.37. The summed E-state index contributed by atoms with van der Waals surface area (Å²) in [6.45, 7) is 9.28. The molecule has 1 aliphatic heterocycles. The van der Waals surface area contributed by atoms with Crippen molar-refractivity contribution >= 4 is 34.2 Å². The Kier molecular flexibility index (Phi) is 9.26. The van der Waals surface area contributed by atoms with Crippen LogP contribution in [-0.4, -0.2) is 44.7 Å². The topological polar surface area (TPSA) is 114 Å². The lowest BCUT2D eigenvalue weighted by Gasteiger charge is -2.32. The van der Waals surface area contributed by atoms with E-state index in [4.69, 9.17) is 5.10 Å². The van der Waals surface area contributed by atoms with E-state index in [1.807, 2.05) is 58.0 Å². The van der Waals surface area contributed by atoms with Crippen LogP contribution in [-0.2, 0) is 11.6 Å². The molecule has 49 heavy (non-hydrogen) atoms. The van der Waals surface area contributed by atoms with Crippen LogP contribution in [0.4, 0.5) is 29.5 Å². The van der Waals surface area contributed by atoms with Crippen molar-refractivity contribution in [3.05, 3.63) is 107 Å². The first kappa shape index (κ1) is 33.8. The van der Waals surface area contributed by atoms with Crippen LogP contribution >= 0.6 is 0 Å². The van der Waals surface area contributed by atoms with Crippen molar-refractivity contribution in [2.75, 3.05) is 23.7 Å². The fourth-order valence-electron chi connectivity index (χ4n) is 6.25. The second-order valence-electron chi connectivity index (χ2n) is 13.5. The molecule has 1 saturated heterocycles. The van der Waals surface area contributed by atoms with E-state index >= 15 is 0 Å². The fourth-order valence-corrected chi connectivity index (χ4v) is 6.25. The molecule has 1 fully saturated rings. The predicted molar refractivity (Wildman–Crippen MR) is 183 cm³/mol. The third-order valence-electron chi connectivity index (χ3n) is 8.83. The lowest BCUT2D eigenvalue weighted by atomic mass is 9.75. The molecule has 9 nitrogen and oxygen atoms in total. The number of piperidine rings is 1. The fraction of sp³-hybridized carbons (Fsp3) is 0.324. The highest BCUT2D eigenvalue weighted by molar-refractivity contribution is 6.06. The number of alkyl halides is 3. The Morgan fingerprint density at radius 2 is 1.67 bits per heavy atom. The zero-order valence-electron chi connectivity index (χ0n) is 27.7. The smallest absolute Gasteiger partial charge is 0.317 e. The highest BCUT2D eigenvalue weighted by atomic mass is 19.4. The number of carbonyl (C=O) groups excluding carboxylic acids is 2. The minimum atomic E-state index is -4.87. The van der Waals surface area contributed by atoms with Gasteiger partial charge < -0.3 is 10.6 Å². The van der Waals surface area contributed by atoms with Crippen LogP contribution in [0.1, 0.15) is 72.4 Å². The van der Waals surface area contributed by atoms with Gasteiger partial charge in [0.25, 0.3) is 0 Å². The number of benzene rings is 2. The average molecular weight is 670 g/mol. The van der Waals surface area contributed by atoms with Gasteiger partial charge in [-0.1, -0.05) is 56.7 Å². The minimum Gasteiger partial charge on any atom is -0.317 e. The summed E-state index contributed by atoms with van der Waals surface area (Å²) in [6.07, 6.45) is -0.992. The summed E-state index contributed by atoms with van der Waals surface area (Å²) in [5.74, 6) is -1.55. The van der Waals surface area contributed by atoms with Crippen molar-refractivity contribution in [3.63, 3.8) is 0 Å². The Balaban J connectivity index is 1.38. The molecule has 2 amide bonds. The number of halogens is 3. The Labute approximate surface area is 282 Å². The van der Waals surface area contributed by atoms with Crippen molar-refractivity contribution in [3.8, 4) is 5.69 Å². The number of nitrogens with zero attached hydrogens (tertiary/aromatic N) is 4. The van der Waals surface area contributed by atoms with E-state index < -0.39 is 35.2 Å². The van der Waals surface area contributed by atoms with Crippen LogP contribution in [0.25, 0.3) is 16.6 Å². The lowest BCUT2D eigenvalue weighted by Crippen LogP contribution is -2.35. The third kappa shape index (κ3) is 7.34. The number of rotatable bonds is 7. The van der Waals surface area contributed by atoms with Crippen LogP contribution < -0.4 is 16.0 Å². The van der Waals surface area contributed by atoms with Crippen LogP contribution in [0.15, 0.2) is 79.1 Å². The van der Waals surface area contributed by atoms with E-state index in [2.05, 4.69) is 25.9 Å². The molecule has 0 bridgehead atoms. The number of aryl methyl sites for hydroxylation is 1. The van der Waals surface area contributed by atoms with Crippen molar-refractivity contribution in [2.24, 2.45) is 5.92 Å². The number of carbonyl (C=O) groups is 2. The van der Waals surface area contributed by atoms with E-state index in [0.717, 1.165) is 16.9 Å². The number of urea groups is 1. The van der Waals surface area contributed by atoms with Crippen LogP contribution in [0.2, 0.25) is 0 Å². The number of para-hydroxylation sites is 1. The number of hydrogen-bond donors (Lipinski definition) is 3. The Morgan fingerprint density at radius 1 is 0.959 bits per heavy atom. The zero-order chi connectivity index (χ0) is 34.9. The largest absolute Gasteiger partial charge is 0.434 e. The molecule has 254 valence electrons. The second-order valence-corrected chi connectivity index (χ2v) is 13.5. The molecule has 12 heteroatoms. The molecule has 0 radical (unpaired) electrons. The normalized spacial score (nSPS) is 14.8. The van der Waals surface area contributed by atoms with Gasteiger partial charge in [0.15, 0.2) is 11.5 Å². The van der Waals surface area contributed by atoms with Gasteiger partial charge in [-0.05, 0) is 74.7 Å². The summed E-state index contributed by atoms with van der Waals surface area (Å²) >= 11 is 0. The van der Waals surface area contributed by atoms with Gasteiger partial charge in [-0.25, -0.2) is 14.5 Å². The van der Waals surface area contributed by atoms with Crippen molar-refractivity contribution in [2.45, 2.75) is 58.0 Å². The molecule has 3 aromatic heterocycles. The molecular weight excluding hydrogens is 631 g/mol. The summed E-state index contributed by atoms with van der Waals surface area (Å²) in [6, 6.07) is 18.3. The van der Waals surface area contributed by atoms with Gasteiger partial charge in [0, 0.05) is 40.5 Å². The number of ketones is 1. The number of Topliss-reactive ketones (excluding diaryl/α,β-unsaturated/α-hetero) is 1. The first-order chi connectivity index (χ1) is 23.3. The molecule has 2 aromatic carbocycles. The molecular formula is C37H38F3N7O2. The Morgan fingerprint density at radius 3 is 2.37 bits per heavy atom. The molecule has 1 atom stereocenters. The Bertz CT molecular complexity index is 1990. The van der Waals surface area contributed by atoms with Gasteiger partial charge in [-0.2, -0.15) is 18.3 Å². The summed E-state index contributed by atoms with van der Waals surface area (Å²) in [4.78, 5) is 36.1. The van der Waals surface area contributed by atoms with Crippen molar-refractivity contribution < 1.29 is 22.8 Å². The summed E-state index contributed by atoms with van der Waals surface area (Å²) in [7, 11) is 0. The molecule has 0 saturated carbocycles. The van der Waals surface area contributed by atoms with E-state index in [1.165, 1.54) is 24.5 Å². The predicted octanol–water partition coefficient (Wildman–Crippen LogP) is 8.05. The standard InChI is InChI=1S/C37H38F3N7O2/c1-22-9-11-25(12-10-22)47-31(20-30(46-47)36(2,3)4)45-35(49)44-29-8-6-5-7-26(29)32(23-13-16-41-17-14-23)33(48)27-19-24-21-42-18-15-28(24)43-34(27)37(38,39)40/h5-12,15,18-21,23,32,41H,13-14,16-17H2,1-4H3,(H2,44,45,49). The molecule has 5 aromatic rings. The van der Waals surface area contributed by atoms with Crippen molar-refractivity contribution in [1.29, 1.82) is 0 Å². The lowest BCUT2D eigenvalue weighted by molar-refractivity contribution is -0.141. The first-order valence-corrected chi connectivity index (χ1v) is 16.2. The van der Waals surface area contributed by atoms with Gasteiger partial charge in [0.05, 0.1) is 22.8 Å². The number of aromatic nitrogens is 4. The Hall–Kier alpha value is -5.10. The number of amides is 2. The average Bonchev–Trinajstić information content (AvgIpc) is 3.49. The minimum absolute atomic E-state index is 0.0931. The molecule has 4 heterocycles. The number of pyridine rings is 2. The third-order valence-corrected chi connectivity index (χ3v) is 8.83. The monoisotopic (exact) mass is 669 g/mol. The number of fused-ring (bicyclic) bond motifs is 1. The molecule has 0 spiro atoms. The van der Waals surface area contributed by atoms with E-state index in [9.17, 15) is 22.8 Å². The maximum Gasteiger partial charge on any atom is 0.434 e. The number of hydrogen-bond acceptors (Lipinski definition) is 6. The maximum absolute atomic E-state index is 14.5. The number of nitrogens with one attached hydrogen (secondary N) is 3. The summed E-state index contributed by atoms with van der Waals surface area (Å²) < 4.78 is 45.0. The number of anilines is 2. The van der Waals surface area contributed by atoms with E-state index in [-0.39, 0.29) is 16.8 Å². The van der Waals surface area contributed by atoms with Gasteiger partial charge in [0.2, 0.25) is 0 Å². The van der Waals surface area contributed by atoms with E-state index in [0.29, 0.717) is 48.4 Å². The maximum atomic E-state index is 14.5. The molecule has 3 N–H and O–H groups in total. The molecule has 0 aliphatic carbocycles. The molecule has 1 unspecified atom stereocenters.